The Morgan fingerprint density at radius 1 is 1.19 bits per heavy atom. The number of benzene rings is 1. The number of nitrogens with zero attached hydrogens (tertiary/aromatic N) is 3. The summed E-state index contributed by atoms with van der Waals surface area (Å²) in [6.45, 7) is 4.34. The largest absolute Gasteiger partial charge is 0.463 e. The molecule has 0 saturated heterocycles. The Bertz CT molecular complexity index is 620. The van der Waals surface area contributed by atoms with Crippen molar-refractivity contribution in [2.45, 2.75) is 20.3 Å². The molecule has 0 aliphatic carbocycles. The standard InChI is InChI=1S/C14H18FN5O/c1-4-7-21-14-19-12(16-3)18-13(20-14)17-11-6-5-10(15)8-9(11)2/h5-6,8H,4,7H2,1-3H3,(H2,16,17,18,19,20). The molecule has 2 rings (SSSR count). The first-order valence-corrected chi connectivity index (χ1v) is 6.72. The van der Waals surface area contributed by atoms with Crippen molar-refractivity contribution in [3.63, 3.8) is 0 Å². The van der Waals surface area contributed by atoms with Gasteiger partial charge in [0.25, 0.3) is 0 Å². The molecule has 0 aliphatic rings. The van der Waals surface area contributed by atoms with Gasteiger partial charge in [0.05, 0.1) is 6.61 Å². The number of aromatic nitrogens is 3. The predicted octanol–water partition coefficient (Wildman–Crippen LogP) is 2.89. The fraction of sp³-hybridized carbons (Fsp3) is 0.357. The SMILES string of the molecule is CCCOc1nc(NC)nc(Nc2ccc(F)cc2C)n1. The van der Waals surface area contributed by atoms with E-state index in [4.69, 9.17) is 4.74 Å². The maximum Gasteiger partial charge on any atom is 0.323 e. The van der Waals surface area contributed by atoms with Crippen molar-refractivity contribution < 1.29 is 9.13 Å². The quantitative estimate of drug-likeness (QED) is 0.852. The third-order valence-corrected chi connectivity index (χ3v) is 2.71. The highest BCUT2D eigenvalue weighted by atomic mass is 19.1. The molecule has 0 saturated carbocycles. The summed E-state index contributed by atoms with van der Waals surface area (Å²) in [5.74, 6) is 0.463. The molecule has 1 heterocycles. The van der Waals surface area contributed by atoms with Gasteiger partial charge in [-0.2, -0.15) is 15.0 Å². The maximum absolute atomic E-state index is 13.1. The van der Waals surface area contributed by atoms with Crippen molar-refractivity contribution in [1.82, 2.24) is 15.0 Å². The summed E-state index contributed by atoms with van der Waals surface area (Å²) in [5, 5.41) is 5.89. The Hall–Kier alpha value is -2.44. The summed E-state index contributed by atoms with van der Waals surface area (Å²) in [5.41, 5.74) is 1.49. The lowest BCUT2D eigenvalue weighted by molar-refractivity contribution is 0.292. The molecule has 2 aromatic rings. The van der Waals surface area contributed by atoms with E-state index in [0.717, 1.165) is 17.7 Å². The van der Waals surface area contributed by atoms with Crippen LogP contribution in [0.5, 0.6) is 6.01 Å². The fourth-order valence-electron chi connectivity index (χ4n) is 1.67. The topological polar surface area (TPSA) is 72.0 Å². The molecule has 2 N–H and O–H groups in total. The number of halogens is 1. The molecule has 0 atom stereocenters. The molecule has 0 radical (unpaired) electrons. The molecule has 1 aromatic heterocycles. The van der Waals surface area contributed by atoms with Gasteiger partial charge in [0, 0.05) is 12.7 Å². The summed E-state index contributed by atoms with van der Waals surface area (Å²) in [6.07, 6.45) is 0.862. The van der Waals surface area contributed by atoms with Crippen LogP contribution in [-0.2, 0) is 0 Å². The molecule has 0 fully saturated rings. The van der Waals surface area contributed by atoms with E-state index in [1.165, 1.54) is 12.1 Å². The molecule has 0 spiro atoms. The minimum atomic E-state index is -0.281. The molecule has 6 nitrogen and oxygen atoms in total. The number of anilines is 3. The smallest absolute Gasteiger partial charge is 0.323 e. The Morgan fingerprint density at radius 3 is 2.62 bits per heavy atom. The van der Waals surface area contributed by atoms with Gasteiger partial charge >= 0.3 is 6.01 Å². The van der Waals surface area contributed by atoms with Crippen LogP contribution in [0.15, 0.2) is 18.2 Å². The van der Waals surface area contributed by atoms with Gasteiger partial charge in [-0.15, -0.1) is 0 Å². The number of hydrogen-bond acceptors (Lipinski definition) is 6. The molecular weight excluding hydrogens is 273 g/mol. The third-order valence-electron chi connectivity index (χ3n) is 2.71. The first-order chi connectivity index (χ1) is 10.1. The van der Waals surface area contributed by atoms with Gasteiger partial charge in [-0.25, -0.2) is 4.39 Å². The maximum atomic E-state index is 13.1. The highest BCUT2D eigenvalue weighted by molar-refractivity contribution is 5.58. The summed E-state index contributed by atoms with van der Waals surface area (Å²) in [7, 11) is 1.71. The highest BCUT2D eigenvalue weighted by Gasteiger charge is 2.08. The summed E-state index contributed by atoms with van der Waals surface area (Å²) in [4.78, 5) is 12.5. The van der Waals surface area contributed by atoms with E-state index in [1.54, 1.807) is 20.0 Å². The van der Waals surface area contributed by atoms with Crippen molar-refractivity contribution in [2.24, 2.45) is 0 Å². The Kier molecular flexibility index (Phi) is 4.86. The van der Waals surface area contributed by atoms with E-state index in [0.29, 0.717) is 18.5 Å². The van der Waals surface area contributed by atoms with Crippen LogP contribution in [-0.4, -0.2) is 28.6 Å². The Morgan fingerprint density at radius 2 is 1.95 bits per heavy atom. The Balaban J connectivity index is 2.25. The van der Waals surface area contributed by atoms with Gasteiger partial charge in [0.15, 0.2) is 0 Å². The van der Waals surface area contributed by atoms with Gasteiger partial charge in [0.2, 0.25) is 11.9 Å². The molecule has 0 amide bonds. The van der Waals surface area contributed by atoms with Crippen molar-refractivity contribution in [3.8, 4) is 6.01 Å². The van der Waals surface area contributed by atoms with Crippen LogP contribution in [0.3, 0.4) is 0 Å². The zero-order valence-electron chi connectivity index (χ0n) is 12.3. The average Bonchev–Trinajstić information content (AvgIpc) is 2.48. The van der Waals surface area contributed by atoms with Crippen LogP contribution in [0.1, 0.15) is 18.9 Å². The van der Waals surface area contributed by atoms with E-state index in [9.17, 15) is 4.39 Å². The van der Waals surface area contributed by atoms with E-state index in [-0.39, 0.29) is 11.8 Å². The van der Waals surface area contributed by atoms with Gasteiger partial charge in [-0.05, 0) is 37.1 Å². The lowest BCUT2D eigenvalue weighted by Crippen LogP contribution is -2.08. The van der Waals surface area contributed by atoms with E-state index in [2.05, 4.69) is 25.6 Å². The van der Waals surface area contributed by atoms with Crippen LogP contribution in [0.4, 0.5) is 22.0 Å². The van der Waals surface area contributed by atoms with E-state index in [1.807, 2.05) is 6.92 Å². The van der Waals surface area contributed by atoms with Crippen LogP contribution >= 0.6 is 0 Å². The van der Waals surface area contributed by atoms with E-state index >= 15 is 0 Å². The molecule has 0 unspecified atom stereocenters. The number of rotatable bonds is 6. The molecule has 0 bridgehead atoms. The second-order valence-electron chi connectivity index (χ2n) is 4.45. The zero-order chi connectivity index (χ0) is 15.2. The predicted molar refractivity (Wildman–Crippen MR) is 79.6 cm³/mol. The average molecular weight is 291 g/mol. The van der Waals surface area contributed by atoms with Crippen molar-refractivity contribution in [3.05, 3.63) is 29.6 Å². The molecule has 0 aliphatic heterocycles. The molecule has 112 valence electrons. The highest BCUT2D eigenvalue weighted by Crippen LogP contribution is 2.20. The molecular formula is C14H18FN5O. The van der Waals surface area contributed by atoms with Crippen LogP contribution in [0, 0.1) is 12.7 Å². The van der Waals surface area contributed by atoms with Gasteiger partial charge in [-0.3, -0.25) is 0 Å². The summed E-state index contributed by atoms with van der Waals surface area (Å²) >= 11 is 0. The Labute approximate surface area is 122 Å². The number of hydrogen-bond donors (Lipinski definition) is 2. The number of aryl methyl sites for hydroxylation is 1. The second-order valence-corrected chi connectivity index (χ2v) is 4.45. The summed E-state index contributed by atoms with van der Waals surface area (Å²) < 4.78 is 18.5. The fourth-order valence-corrected chi connectivity index (χ4v) is 1.67. The molecule has 1 aromatic carbocycles. The monoisotopic (exact) mass is 291 g/mol. The minimum Gasteiger partial charge on any atom is -0.463 e. The van der Waals surface area contributed by atoms with Crippen LogP contribution < -0.4 is 15.4 Å². The van der Waals surface area contributed by atoms with E-state index < -0.39 is 0 Å². The lowest BCUT2D eigenvalue weighted by Gasteiger charge is -2.10. The van der Waals surface area contributed by atoms with Gasteiger partial charge in [-0.1, -0.05) is 6.92 Å². The van der Waals surface area contributed by atoms with Crippen LogP contribution in [0.25, 0.3) is 0 Å². The van der Waals surface area contributed by atoms with Gasteiger partial charge in [0.1, 0.15) is 5.82 Å². The molecule has 7 heteroatoms. The minimum absolute atomic E-state index is 0.249. The number of nitrogens with one attached hydrogen (secondary N) is 2. The summed E-state index contributed by atoms with van der Waals surface area (Å²) in [6, 6.07) is 4.71. The van der Waals surface area contributed by atoms with Crippen molar-refractivity contribution in [1.29, 1.82) is 0 Å². The first-order valence-electron chi connectivity index (χ1n) is 6.72. The normalized spacial score (nSPS) is 10.3. The third kappa shape index (κ3) is 4.01. The van der Waals surface area contributed by atoms with Crippen molar-refractivity contribution >= 4 is 17.6 Å². The molecule has 21 heavy (non-hydrogen) atoms. The zero-order valence-corrected chi connectivity index (χ0v) is 12.3. The number of ether oxygens (including phenoxy) is 1. The van der Waals surface area contributed by atoms with Crippen molar-refractivity contribution in [2.75, 3.05) is 24.3 Å². The lowest BCUT2D eigenvalue weighted by atomic mass is 10.2. The van der Waals surface area contributed by atoms with Gasteiger partial charge < -0.3 is 15.4 Å². The first kappa shape index (κ1) is 15.0. The second kappa shape index (κ2) is 6.83. The van der Waals surface area contributed by atoms with Crippen LogP contribution in [0.2, 0.25) is 0 Å².